The van der Waals surface area contributed by atoms with Gasteiger partial charge < -0.3 is 14.4 Å². The third-order valence-corrected chi connectivity index (χ3v) is 4.01. The Bertz CT molecular complexity index is 657. The van der Waals surface area contributed by atoms with Crippen LogP contribution >= 0.6 is 11.8 Å². The van der Waals surface area contributed by atoms with Gasteiger partial charge in [-0.25, -0.2) is 9.37 Å². The predicted octanol–water partition coefficient (Wildman–Crippen LogP) is 2.70. The maximum Gasteiger partial charge on any atom is 0.313 e. The van der Waals surface area contributed by atoms with E-state index >= 15 is 0 Å². The van der Waals surface area contributed by atoms with Crippen LogP contribution in [0.4, 0.5) is 4.39 Å². The lowest BCUT2D eigenvalue weighted by Gasteiger charge is -2.08. The van der Waals surface area contributed by atoms with Crippen molar-refractivity contribution in [2.45, 2.75) is 25.0 Å². The molecule has 0 spiro atoms. The molecule has 1 aromatic heterocycles. The summed E-state index contributed by atoms with van der Waals surface area (Å²) in [4.78, 5) is 15.1. The Balaban J connectivity index is 2.39. The molecule has 0 radical (unpaired) electrons. The number of aromatic nitrogens is 2. The lowest BCUT2D eigenvalue weighted by molar-refractivity contribution is -0.133. The highest BCUT2D eigenvalue weighted by molar-refractivity contribution is 7.99. The van der Waals surface area contributed by atoms with E-state index in [0.29, 0.717) is 29.4 Å². The minimum absolute atomic E-state index is 0.0743. The van der Waals surface area contributed by atoms with Gasteiger partial charge in [0.15, 0.2) is 5.16 Å². The van der Waals surface area contributed by atoms with E-state index < -0.39 is 5.97 Å². The van der Waals surface area contributed by atoms with E-state index in [4.69, 9.17) is 9.84 Å². The van der Waals surface area contributed by atoms with Crippen molar-refractivity contribution in [1.82, 2.24) is 9.55 Å². The van der Waals surface area contributed by atoms with Gasteiger partial charge in [-0.2, -0.15) is 0 Å². The summed E-state index contributed by atoms with van der Waals surface area (Å²) in [5.41, 5.74) is 1.91. The van der Waals surface area contributed by atoms with Crippen LogP contribution in [-0.2, 0) is 16.1 Å². The molecular formula is C14H17FN2O3S. The molecule has 0 amide bonds. The van der Waals surface area contributed by atoms with Crippen molar-refractivity contribution in [2.24, 2.45) is 0 Å². The highest BCUT2D eigenvalue weighted by atomic mass is 32.2. The number of hydrogen-bond acceptors (Lipinski definition) is 4. The number of aryl methyl sites for hydroxylation is 2. The molecule has 0 bridgehead atoms. The molecule has 7 heteroatoms. The van der Waals surface area contributed by atoms with Crippen LogP contribution in [-0.4, -0.2) is 40.1 Å². The Kier molecular flexibility index (Phi) is 5.19. The number of rotatable bonds is 7. The van der Waals surface area contributed by atoms with Crippen LogP contribution in [0.2, 0.25) is 0 Å². The number of nitrogens with zero attached hydrogens (tertiary/aromatic N) is 2. The first-order valence-electron chi connectivity index (χ1n) is 6.53. The van der Waals surface area contributed by atoms with E-state index in [0.717, 1.165) is 23.7 Å². The number of benzene rings is 1. The molecule has 0 saturated carbocycles. The largest absolute Gasteiger partial charge is 0.481 e. The zero-order valence-corrected chi connectivity index (χ0v) is 12.7. The Labute approximate surface area is 126 Å². The van der Waals surface area contributed by atoms with Gasteiger partial charge in [0.1, 0.15) is 5.82 Å². The topological polar surface area (TPSA) is 64.3 Å². The van der Waals surface area contributed by atoms with Crippen LogP contribution in [0.5, 0.6) is 0 Å². The van der Waals surface area contributed by atoms with Gasteiger partial charge in [-0.1, -0.05) is 11.8 Å². The third-order valence-electron chi connectivity index (χ3n) is 3.05. The fourth-order valence-electron chi connectivity index (χ4n) is 2.05. The van der Waals surface area contributed by atoms with Crippen LogP contribution in [0.15, 0.2) is 17.3 Å². The van der Waals surface area contributed by atoms with Crippen molar-refractivity contribution in [3.8, 4) is 0 Å². The number of methoxy groups -OCH3 is 1. The molecule has 0 unspecified atom stereocenters. The van der Waals surface area contributed by atoms with Gasteiger partial charge in [0.2, 0.25) is 0 Å². The number of carboxylic acid groups (broad SMARTS) is 1. The van der Waals surface area contributed by atoms with E-state index in [1.807, 2.05) is 4.57 Å². The quantitative estimate of drug-likeness (QED) is 0.629. The highest BCUT2D eigenvalue weighted by Gasteiger charge is 2.14. The van der Waals surface area contributed by atoms with E-state index in [-0.39, 0.29) is 11.6 Å². The zero-order valence-electron chi connectivity index (χ0n) is 11.9. The normalized spacial score (nSPS) is 11.2. The molecule has 1 aromatic carbocycles. The number of ether oxygens (including phenoxy) is 1. The molecule has 0 atom stereocenters. The van der Waals surface area contributed by atoms with Crippen LogP contribution in [0.25, 0.3) is 11.0 Å². The Hall–Kier alpha value is -1.60. The number of aliphatic carboxylic acids is 1. The number of imidazole rings is 1. The molecule has 0 aliphatic heterocycles. The fourth-order valence-corrected chi connectivity index (χ4v) is 2.81. The Morgan fingerprint density at radius 3 is 2.95 bits per heavy atom. The molecule has 2 aromatic rings. The van der Waals surface area contributed by atoms with Gasteiger partial charge in [-0.3, -0.25) is 4.79 Å². The molecule has 21 heavy (non-hydrogen) atoms. The molecule has 1 heterocycles. The number of carbonyl (C=O) groups is 1. The number of fused-ring (bicyclic) bond motifs is 1. The summed E-state index contributed by atoms with van der Waals surface area (Å²) < 4.78 is 20.6. The summed E-state index contributed by atoms with van der Waals surface area (Å²) in [5.74, 6) is -1.29. The smallest absolute Gasteiger partial charge is 0.313 e. The summed E-state index contributed by atoms with van der Waals surface area (Å²) >= 11 is 1.14. The van der Waals surface area contributed by atoms with E-state index in [9.17, 15) is 9.18 Å². The first kappa shape index (κ1) is 15.8. The van der Waals surface area contributed by atoms with Crippen LogP contribution in [0.3, 0.4) is 0 Å². The monoisotopic (exact) mass is 312 g/mol. The van der Waals surface area contributed by atoms with Crippen molar-refractivity contribution in [3.05, 3.63) is 23.5 Å². The van der Waals surface area contributed by atoms with Gasteiger partial charge in [0.25, 0.3) is 0 Å². The lowest BCUT2D eigenvalue weighted by Crippen LogP contribution is -2.05. The van der Waals surface area contributed by atoms with Gasteiger partial charge in [0.05, 0.1) is 16.8 Å². The van der Waals surface area contributed by atoms with Gasteiger partial charge in [-0.15, -0.1) is 0 Å². The van der Waals surface area contributed by atoms with Crippen molar-refractivity contribution >= 4 is 28.8 Å². The summed E-state index contributed by atoms with van der Waals surface area (Å²) in [6.45, 7) is 2.95. The average Bonchev–Trinajstić information content (AvgIpc) is 2.75. The molecule has 0 saturated heterocycles. The molecule has 114 valence electrons. The van der Waals surface area contributed by atoms with Crippen molar-refractivity contribution < 1.29 is 19.0 Å². The van der Waals surface area contributed by atoms with E-state index in [1.165, 1.54) is 6.07 Å². The fraction of sp³-hybridized carbons (Fsp3) is 0.429. The minimum atomic E-state index is -0.905. The zero-order chi connectivity index (χ0) is 15.4. The predicted molar refractivity (Wildman–Crippen MR) is 79.3 cm³/mol. The summed E-state index contributed by atoms with van der Waals surface area (Å²) in [6, 6.07) is 3.14. The second-order valence-electron chi connectivity index (χ2n) is 4.66. The highest BCUT2D eigenvalue weighted by Crippen LogP contribution is 2.26. The molecule has 5 nitrogen and oxygen atoms in total. The minimum Gasteiger partial charge on any atom is -0.481 e. The van der Waals surface area contributed by atoms with Crippen molar-refractivity contribution in [2.75, 3.05) is 19.5 Å². The first-order chi connectivity index (χ1) is 10.0. The van der Waals surface area contributed by atoms with Crippen LogP contribution in [0, 0.1) is 12.7 Å². The average molecular weight is 312 g/mol. The molecule has 0 aliphatic rings. The maximum atomic E-state index is 13.6. The molecular weight excluding hydrogens is 295 g/mol. The first-order valence-corrected chi connectivity index (χ1v) is 7.51. The summed E-state index contributed by atoms with van der Waals surface area (Å²) in [6.07, 6.45) is 0.777. The number of halogens is 1. The summed E-state index contributed by atoms with van der Waals surface area (Å²) in [7, 11) is 1.63. The number of carboxylic acids is 1. The van der Waals surface area contributed by atoms with E-state index in [1.54, 1.807) is 20.1 Å². The third kappa shape index (κ3) is 3.74. The lowest BCUT2D eigenvalue weighted by atomic mass is 10.2. The molecule has 2 rings (SSSR count). The molecule has 0 fully saturated rings. The standard InChI is InChI=1S/C14H17FN2O3S/c1-9-6-12-11(7-10(9)15)16-14(21-8-13(18)19)17(12)4-3-5-20-2/h6-7H,3-5,8H2,1-2H3,(H,18,19). The van der Waals surface area contributed by atoms with Crippen molar-refractivity contribution in [3.63, 3.8) is 0 Å². The Morgan fingerprint density at radius 2 is 2.29 bits per heavy atom. The molecule has 0 aliphatic carbocycles. The number of hydrogen-bond donors (Lipinski definition) is 1. The van der Waals surface area contributed by atoms with Gasteiger partial charge in [-0.05, 0) is 25.0 Å². The Morgan fingerprint density at radius 1 is 1.52 bits per heavy atom. The maximum absolute atomic E-state index is 13.6. The second-order valence-corrected chi connectivity index (χ2v) is 5.61. The van der Waals surface area contributed by atoms with Gasteiger partial charge >= 0.3 is 5.97 Å². The molecule has 1 N–H and O–H groups in total. The van der Waals surface area contributed by atoms with Gasteiger partial charge in [0, 0.05) is 26.3 Å². The van der Waals surface area contributed by atoms with Crippen LogP contribution in [0.1, 0.15) is 12.0 Å². The second kappa shape index (κ2) is 6.91. The van der Waals surface area contributed by atoms with Crippen molar-refractivity contribution in [1.29, 1.82) is 0 Å². The number of thioether (sulfide) groups is 1. The van der Waals surface area contributed by atoms with E-state index in [2.05, 4.69) is 4.98 Å². The SMILES string of the molecule is COCCCn1c(SCC(=O)O)nc2cc(F)c(C)cc21. The van der Waals surface area contributed by atoms with Crippen LogP contribution < -0.4 is 0 Å². The summed E-state index contributed by atoms with van der Waals surface area (Å²) in [5, 5.41) is 9.40.